The average Bonchev–Trinajstić information content (AvgIpc) is 2.15. The second kappa shape index (κ2) is 2.25. The van der Waals surface area contributed by atoms with Crippen molar-refractivity contribution < 1.29 is 14.1 Å². The van der Waals surface area contributed by atoms with Crippen molar-refractivity contribution in [2.45, 2.75) is 6.92 Å². The fraction of sp³-hybridized carbons (Fsp3) is 0.250. The summed E-state index contributed by atoms with van der Waals surface area (Å²) in [5.74, 6) is -0.354. The minimum absolute atomic E-state index is 0.0856. The standard InChI is InChI=1S/C4H4N2O3/c1-3(7)9-4-2-8-6-5-4/h2H,1H3. The second-order valence-corrected chi connectivity index (χ2v) is 1.34. The fourth-order valence-electron chi connectivity index (χ4n) is 0.348. The van der Waals surface area contributed by atoms with Crippen molar-refractivity contribution in [3.05, 3.63) is 6.26 Å². The van der Waals surface area contributed by atoms with Crippen LogP contribution in [-0.4, -0.2) is 16.3 Å². The first-order valence-corrected chi connectivity index (χ1v) is 2.24. The molecule has 1 rings (SSSR count). The van der Waals surface area contributed by atoms with Gasteiger partial charge in [-0.1, -0.05) is 5.10 Å². The number of hydrogen-bond acceptors (Lipinski definition) is 5. The zero-order chi connectivity index (χ0) is 6.69. The monoisotopic (exact) mass is 128 g/mol. The lowest BCUT2D eigenvalue weighted by Gasteiger charge is -1.88. The van der Waals surface area contributed by atoms with Crippen molar-refractivity contribution in [2.24, 2.45) is 0 Å². The molecular formula is C4H4N2O3. The molecule has 0 bridgehead atoms. The third kappa shape index (κ3) is 1.52. The molecule has 1 heterocycles. The number of aromatic nitrogens is 2. The summed E-state index contributed by atoms with van der Waals surface area (Å²) in [5.41, 5.74) is 0. The number of ether oxygens (including phenoxy) is 1. The van der Waals surface area contributed by atoms with Gasteiger partial charge in [-0.2, -0.15) is 0 Å². The first-order chi connectivity index (χ1) is 4.29. The van der Waals surface area contributed by atoms with E-state index < -0.39 is 5.97 Å². The van der Waals surface area contributed by atoms with Crippen LogP contribution < -0.4 is 4.74 Å². The van der Waals surface area contributed by atoms with Crippen molar-refractivity contribution in [3.63, 3.8) is 0 Å². The van der Waals surface area contributed by atoms with E-state index >= 15 is 0 Å². The van der Waals surface area contributed by atoms with Gasteiger partial charge < -0.3 is 9.26 Å². The van der Waals surface area contributed by atoms with Crippen molar-refractivity contribution in [1.82, 2.24) is 10.4 Å². The van der Waals surface area contributed by atoms with Crippen LogP contribution in [0.3, 0.4) is 0 Å². The highest BCUT2D eigenvalue weighted by Crippen LogP contribution is 2.00. The zero-order valence-electron chi connectivity index (χ0n) is 4.70. The number of nitrogens with zero attached hydrogens (tertiary/aromatic N) is 2. The van der Waals surface area contributed by atoms with Gasteiger partial charge in [-0.05, 0) is 0 Å². The molecule has 5 nitrogen and oxygen atoms in total. The highest BCUT2D eigenvalue weighted by Gasteiger charge is 1.99. The Morgan fingerprint density at radius 2 is 2.67 bits per heavy atom. The number of esters is 1. The lowest BCUT2D eigenvalue weighted by atomic mass is 10.8. The Labute approximate surface area is 50.6 Å². The van der Waals surface area contributed by atoms with E-state index in [2.05, 4.69) is 19.6 Å². The minimum Gasteiger partial charge on any atom is -0.402 e. The SMILES string of the molecule is CC(=O)Oc1conn1. The van der Waals surface area contributed by atoms with E-state index in [1.54, 1.807) is 0 Å². The molecule has 0 spiro atoms. The number of hydrogen-bond donors (Lipinski definition) is 0. The Morgan fingerprint density at radius 1 is 1.89 bits per heavy atom. The third-order valence-electron chi connectivity index (χ3n) is 0.588. The summed E-state index contributed by atoms with van der Waals surface area (Å²) in [6, 6.07) is 0. The highest BCUT2D eigenvalue weighted by molar-refractivity contribution is 5.68. The topological polar surface area (TPSA) is 65.2 Å². The van der Waals surface area contributed by atoms with Crippen molar-refractivity contribution in [2.75, 3.05) is 0 Å². The summed E-state index contributed by atoms with van der Waals surface area (Å²) in [5, 5.41) is 6.37. The molecular weight excluding hydrogens is 124 g/mol. The molecule has 0 unspecified atom stereocenters. The van der Waals surface area contributed by atoms with Crippen LogP contribution in [0.25, 0.3) is 0 Å². The predicted molar refractivity (Wildman–Crippen MR) is 25.6 cm³/mol. The lowest BCUT2D eigenvalue weighted by molar-refractivity contribution is -0.132. The van der Waals surface area contributed by atoms with Gasteiger partial charge >= 0.3 is 5.97 Å². The van der Waals surface area contributed by atoms with E-state index in [1.807, 2.05) is 0 Å². The van der Waals surface area contributed by atoms with Crippen LogP contribution in [0.2, 0.25) is 0 Å². The van der Waals surface area contributed by atoms with Crippen LogP contribution in [-0.2, 0) is 4.79 Å². The molecule has 0 aliphatic rings. The zero-order valence-corrected chi connectivity index (χ0v) is 4.70. The maximum Gasteiger partial charge on any atom is 0.309 e. The van der Waals surface area contributed by atoms with Gasteiger partial charge in [-0.3, -0.25) is 4.79 Å². The third-order valence-corrected chi connectivity index (χ3v) is 0.588. The molecule has 0 aliphatic heterocycles. The molecule has 0 N–H and O–H groups in total. The first kappa shape index (κ1) is 5.74. The van der Waals surface area contributed by atoms with E-state index in [4.69, 9.17) is 0 Å². The fourth-order valence-corrected chi connectivity index (χ4v) is 0.348. The summed E-state index contributed by atoms with van der Waals surface area (Å²) in [7, 11) is 0. The average molecular weight is 128 g/mol. The molecule has 5 heteroatoms. The molecule has 0 amide bonds. The van der Waals surface area contributed by atoms with E-state index in [0.717, 1.165) is 6.26 Å². The molecule has 0 saturated carbocycles. The van der Waals surface area contributed by atoms with Gasteiger partial charge in [0.15, 0.2) is 6.26 Å². The molecule has 1 aromatic rings. The van der Waals surface area contributed by atoms with Gasteiger partial charge in [0.25, 0.3) is 5.88 Å². The number of carbonyl (C=O) groups is 1. The molecule has 48 valence electrons. The van der Waals surface area contributed by atoms with E-state index in [1.165, 1.54) is 6.92 Å². The van der Waals surface area contributed by atoms with Crippen LogP contribution in [0.4, 0.5) is 0 Å². The molecule has 0 aromatic carbocycles. The number of rotatable bonds is 1. The van der Waals surface area contributed by atoms with E-state index in [0.29, 0.717) is 0 Å². The van der Waals surface area contributed by atoms with Crippen LogP contribution >= 0.6 is 0 Å². The predicted octanol–water partition coefficient (Wildman–Crippen LogP) is -0.00510. The maximum absolute atomic E-state index is 10.2. The number of carbonyl (C=O) groups excluding carboxylic acids is 1. The van der Waals surface area contributed by atoms with Crippen molar-refractivity contribution in [3.8, 4) is 5.88 Å². The summed E-state index contributed by atoms with van der Waals surface area (Å²) in [6.45, 7) is 1.27. The van der Waals surface area contributed by atoms with Crippen molar-refractivity contribution >= 4 is 5.97 Å². The highest BCUT2D eigenvalue weighted by atomic mass is 16.6. The molecule has 0 radical (unpaired) electrons. The van der Waals surface area contributed by atoms with Gasteiger partial charge in [0.1, 0.15) is 0 Å². The molecule has 0 fully saturated rings. The minimum atomic E-state index is -0.439. The first-order valence-electron chi connectivity index (χ1n) is 2.24. The molecule has 0 saturated heterocycles. The maximum atomic E-state index is 10.2. The van der Waals surface area contributed by atoms with Gasteiger partial charge in [-0.15, -0.1) is 0 Å². The molecule has 0 atom stereocenters. The lowest BCUT2D eigenvalue weighted by Crippen LogP contribution is -2.01. The summed E-state index contributed by atoms with van der Waals surface area (Å²) in [6.07, 6.45) is 1.14. The molecule has 0 aliphatic carbocycles. The Hall–Kier alpha value is -1.39. The van der Waals surface area contributed by atoms with Gasteiger partial charge in [0.2, 0.25) is 0 Å². The largest absolute Gasteiger partial charge is 0.402 e. The van der Waals surface area contributed by atoms with Crippen LogP contribution in [0.5, 0.6) is 5.88 Å². The van der Waals surface area contributed by atoms with Crippen LogP contribution in [0, 0.1) is 0 Å². The Bertz CT molecular complexity index is 194. The smallest absolute Gasteiger partial charge is 0.309 e. The van der Waals surface area contributed by atoms with Gasteiger partial charge in [0.05, 0.1) is 0 Å². The van der Waals surface area contributed by atoms with Gasteiger partial charge in [-0.25, -0.2) is 0 Å². The summed E-state index contributed by atoms with van der Waals surface area (Å²) in [4.78, 5) is 10.2. The Balaban J connectivity index is 2.58. The Kier molecular flexibility index (Phi) is 1.44. The van der Waals surface area contributed by atoms with E-state index in [-0.39, 0.29) is 5.88 Å². The van der Waals surface area contributed by atoms with E-state index in [9.17, 15) is 4.79 Å². The second-order valence-electron chi connectivity index (χ2n) is 1.34. The van der Waals surface area contributed by atoms with Crippen LogP contribution in [0.1, 0.15) is 6.92 Å². The van der Waals surface area contributed by atoms with Gasteiger partial charge in [0, 0.05) is 12.2 Å². The summed E-state index contributed by atoms with van der Waals surface area (Å²) >= 11 is 0. The van der Waals surface area contributed by atoms with Crippen molar-refractivity contribution in [1.29, 1.82) is 0 Å². The summed E-state index contributed by atoms with van der Waals surface area (Å²) < 4.78 is 8.72. The Morgan fingerprint density at radius 3 is 3.11 bits per heavy atom. The molecule has 9 heavy (non-hydrogen) atoms. The normalized spacial score (nSPS) is 9.00. The van der Waals surface area contributed by atoms with Crippen LogP contribution in [0.15, 0.2) is 10.8 Å². The quantitative estimate of drug-likeness (QED) is 0.498. The molecule has 1 aromatic heterocycles.